The Morgan fingerprint density at radius 1 is 0.947 bits per heavy atom. The molecule has 0 bridgehead atoms. The molecule has 3 aromatic rings. The summed E-state index contributed by atoms with van der Waals surface area (Å²) in [5.74, 6) is 0.667. The lowest BCUT2D eigenvalue weighted by Gasteiger charge is -2.13. The number of para-hydroxylation sites is 2. The van der Waals surface area contributed by atoms with Crippen molar-refractivity contribution >= 4 is 40.6 Å². The second-order valence-corrected chi connectivity index (χ2v) is 9.24. The molecule has 0 atom stereocenters. The maximum Gasteiger partial charge on any atom is 0.293 e. The molecule has 3 aromatic carbocycles. The van der Waals surface area contributed by atoms with E-state index < -0.39 is 0 Å². The number of ether oxygens (including phenoxy) is 3. The van der Waals surface area contributed by atoms with Crippen molar-refractivity contribution in [2.24, 2.45) is 0 Å². The Hall–Kier alpha value is -4.24. The molecular weight excluding hydrogens is 504 g/mol. The van der Waals surface area contributed by atoms with E-state index in [1.54, 1.807) is 42.5 Å². The van der Waals surface area contributed by atoms with Gasteiger partial charge >= 0.3 is 0 Å². The second-order valence-electron chi connectivity index (χ2n) is 8.25. The molecule has 0 aromatic heterocycles. The highest BCUT2D eigenvalue weighted by atomic mass is 32.2. The topological polar surface area (TPSA) is 94.2 Å². The maximum absolute atomic E-state index is 12.9. The number of nitrogens with one attached hydrogen (secondary N) is 1. The van der Waals surface area contributed by atoms with Crippen LogP contribution in [-0.4, -0.2) is 48.8 Å². The lowest BCUT2D eigenvalue weighted by molar-refractivity contribution is -0.122. The van der Waals surface area contributed by atoms with Gasteiger partial charge in [-0.05, 0) is 66.6 Å². The molecule has 0 aliphatic carbocycles. The number of benzene rings is 3. The summed E-state index contributed by atoms with van der Waals surface area (Å²) in [6, 6.07) is 22.0. The minimum absolute atomic E-state index is 0.240. The number of thioether (sulfide) groups is 1. The first kappa shape index (κ1) is 26.8. The summed E-state index contributed by atoms with van der Waals surface area (Å²) in [6.45, 7) is 2.43. The number of hydrogen-bond acceptors (Lipinski definition) is 7. The summed E-state index contributed by atoms with van der Waals surface area (Å²) in [6.07, 6.45) is 2.24. The van der Waals surface area contributed by atoms with Crippen LogP contribution in [0.4, 0.5) is 10.5 Å². The maximum atomic E-state index is 12.9. The smallest absolute Gasteiger partial charge is 0.293 e. The predicted octanol–water partition coefficient (Wildman–Crippen LogP) is 5.39. The molecule has 1 fully saturated rings. The second kappa shape index (κ2) is 12.8. The summed E-state index contributed by atoms with van der Waals surface area (Å²) in [4.78, 5) is 39.4. The zero-order valence-electron chi connectivity index (χ0n) is 21.1. The molecule has 1 N–H and O–H groups in total. The van der Waals surface area contributed by atoms with E-state index in [1.165, 1.54) is 12.0 Å². The van der Waals surface area contributed by atoms with Crippen molar-refractivity contribution in [3.05, 3.63) is 88.8 Å². The SMILES string of the molecule is CCOc1ccccc1NC(=O)COc1ccc(/C=C2/SC(=O)N(CCc3ccccc3)C2=O)cc1OC. The number of nitrogens with zero attached hydrogens (tertiary/aromatic N) is 1. The van der Waals surface area contributed by atoms with E-state index in [0.717, 1.165) is 17.3 Å². The number of methoxy groups -OCH3 is 1. The van der Waals surface area contributed by atoms with Crippen LogP contribution in [0.15, 0.2) is 77.7 Å². The van der Waals surface area contributed by atoms with Crippen LogP contribution >= 0.6 is 11.8 Å². The van der Waals surface area contributed by atoms with Crippen LogP contribution < -0.4 is 19.5 Å². The van der Waals surface area contributed by atoms with Crippen molar-refractivity contribution in [2.45, 2.75) is 13.3 Å². The van der Waals surface area contributed by atoms with Crippen molar-refractivity contribution < 1.29 is 28.6 Å². The number of amides is 3. The quantitative estimate of drug-likeness (QED) is 0.331. The lowest BCUT2D eigenvalue weighted by Crippen LogP contribution is -2.30. The largest absolute Gasteiger partial charge is 0.493 e. The van der Waals surface area contributed by atoms with Crippen molar-refractivity contribution in [2.75, 3.05) is 32.2 Å². The average Bonchev–Trinajstić information content (AvgIpc) is 3.19. The molecule has 0 spiro atoms. The summed E-state index contributed by atoms with van der Waals surface area (Å²) < 4.78 is 16.6. The van der Waals surface area contributed by atoms with Crippen LogP contribution in [0.25, 0.3) is 6.08 Å². The molecular formula is C29H28N2O6S. The van der Waals surface area contributed by atoms with Gasteiger partial charge in [0.2, 0.25) is 0 Å². The number of carbonyl (C=O) groups is 3. The van der Waals surface area contributed by atoms with E-state index in [0.29, 0.717) is 53.0 Å². The van der Waals surface area contributed by atoms with Gasteiger partial charge in [-0.2, -0.15) is 0 Å². The Labute approximate surface area is 225 Å². The van der Waals surface area contributed by atoms with Crippen molar-refractivity contribution in [1.82, 2.24) is 4.90 Å². The van der Waals surface area contributed by atoms with Crippen LogP contribution in [0.5, 0.6) is 17.2 Å². The van der Waals surface area contributed by atoms with E-state index in [4.69, 9.17) is 14.2 Å². The molecule has 1 aliphatic heterocycles. The highest BCUT2D eigenvalue weighted by Gasteiger charge is 2.34. The van der Waals surface area contributed by atoms with Gasteiger partial charge in [-0.1, -0.05) is 48.5 Å². The minimum atomic E-state index is -0.354. The molecule has 4 rings (SSSR count). The van der Waals surface area contributed by atoms with Crippen molar-refractivity contribution in [1.29, 1.82) is 0 Å². The highest BCUT2D eigenvalue weighted by molar-refractivity contribution is 8.18. The molecule has 3 amide bonds. The number of imide groups is 1. The zero-order chi connectivity index (χ0) is 26.9. The van der Waals surface area contributed by atoms with E-state index in [1.807, 2.05) is 43.3 Å². The molecule has 1 heterocycles. The molecule has 0 saturated carbocycles. The van der Waals surface area contributed by atoms with Crippen LogP contribution in [-0.2, 0) is 16.0 Å². The normalized spacial score (nSPS) is 14.1. The standard InChI is InChI=1S/C29H28N2O6S/c1-3-36-23-12-8-7-11-22(23)30-27(32)19-37-24-14-13-21(17-25(24)35-2)18-26-28(33)31(29(34)38-26)16-15-20-9-5-4-6-10-20/h4-14,17-18H,3,15-16,19H2,1-2H3,(H,30,32)/b26-18+. The minimum Gasteiger partial charge on any atom is -0.493 e. The van der Waals surface area contributed by atoms with Gasteiger partial charge < -0.3 is 19.5 Å². The molecule has 0 radical (unpaired) electrons. The van der Waals surface area contributed by atoms with Gasteiger partial charge in [0, 0.05) is 6.54 Å². The summed E-state index contributed by atoms with van der Waals surface area (Å²) in [5, 5.41) is 2.49. The monoisotopic (exact) mass is 532 g/mol. The summed E-state index contributed by atoms with van der Waals surface area (Å²) in [5.41, 5.74) is 2.28. The lowest BCUT2D eigenvalue weighted by atomic mass is 10.1. The Kier molecular flexibility index (Phi) is 9.05. The fourth-order valence-electron chi connectivity index (χ4n) is 3.80. The van der Waals surface area contributed by atoms with Crippen LogP contribution in [0.1, 0.15) is 18.1 Å². The molecule has 0 unspecified atom stereocenters. The van der Waals surface area contributed by atoms with Crippen molar-refractivity contribution in [3.63, 3.8) is 0 Å². The average molecular weight is 533 g/mol. The third-order valence-electron chi connectivity index (χ3n) is 5.65. The number of rotatable bonds is 11. The molecule has 8 nitrogen and oxygen atoms in total. The summed E-state index contributed by atoms with van der Waals surface area (Å²) in [7, 11) is 1.49. The van der Waals surface area contributed by atoms with Gasteiger partial charge in [-0.25, -0.2) is 0 Å². The third-order valence-corrected chi connectivity index (χ3v) is 6.55. The van der Waals surface area contributed by atoms with Gasteiger partial charge in [0.15, 0.2) is 18.1 Å². The van der Waals surface area contributed by atoms with Crippen LogP contribution in [0.2, 0.25) is 0 Å². The van der Waals surface area contributed by atoms with E-state index in [9.17, 15) is 14.4 Å². The predicted molar refractivity (Wildman–Crippen MR) is 148 cm³/mol. The van der Waals surface area contributed by atoms with Gasteiger partial charge in [0.1, 0.15) is 5.75 Å². The third kappa shape index (κ3) is 6.74. The Morgan fingerprint density at radius 3 is 2.47 bits per heavy atom. The van der Waals surface area contributed by atoms with Crippen molar-refractivity contribution in [3.8, 4) is 17.2 Å². The Bertz CT molecular complexity index is 1340. The van der Waals surface area contributed by atoms with Crippen LogP contribution in [0.3, 0.4) is 0 Å². The number of anilines is 1. The van der Waals surface area contributed by atoms with Gasteiger partial charge in [0.25, 0.3) is 17.1 Å². The van der Waals surface area contributed by atoms with Gasteiger partial charge in [-0.15, -0.1) is 0 Å². The highest BCUT2D eigenvalue weighted by Crippen LogP contribution is 2.34. The van der Waals surface area contributed by atoms with Gasteiger partial charge in [-0.3, -0.25) is 19.3 Å². The number of hydrogen-bond donors (Lipinski definition) is 1. The molecule has 196 valence electrons. The fourth-order valence-corrected chi connectivity index (χ4v) is 4.67. The van der Waals surface area contributed by atoms with Crippen LogP contribution in [0, 0.1) is 0 Å². The molecule has 1 aliphatic rings. The summed E-state index contributed by atoms with van der Waals surface area (Å²) >= 11 is 0.912. The molecule has 1 saturated heterocycles. The van der Waals surface area contributed by atoms with Gasteiger partial charge in [0.05, 0.1) is 24.3 Å². The Balaban J connectivity index is 1.38. The van der Waals surface area contributed by atoms with E-state index >= 15 is 0 Å². The van der Waals surface area contributed by atoms with E-state index in [-0.39, 0.29) is 23.7 Å². The first-order valence-corrected chi connectivity index (χ1v) is 12.9. The zero-order valence-corrected chi connectivity index (χ0v) is 22.0. The number of carbonyl (C=O) groups excluding carboxylic acids is 3. The Morgan fingerprint density at radius 2 is 1.71 bits per heavy atom. The molecule has 38 heavy (non-hydrogen) atoms. The molecule has 9 heteroatoms. The first-order chi connectivity index (χ1) is 18.5. The fraction of sp³-hybridized carbons (Fsp3) is 0.207. The van der Waals surface area contributed by atoms with E-state index in [2.05, 4.69) is 5.32 Å². The first-order valence-electron chi connectivity index (χ1n) is 12.1.